The van der Waals surface area contributed by atoms with E-state index in [0.717, 1.165) is 15.8 Å². The average molecular weight is 191 g/mol. The number of aromatic nitrogens is 3. The highest BCUT2D eigenvalue weighted by molar-refractivity contribution is 5.85. The molecule has 1 aromatic carbocycles. The number of aryl methyl sites for hydroxylation is 2. The fourth-order valence-electron chi connectivity index (χ4n) is 1.32. The summed E-state index contributed by atoms with van der Waals surface area (Å²) in [5.74, 6) is 0. The number of fused-ring (bicyclic) bond motifs is 1. The molecule has 0 amide bonds. The van der Waals surface area contributed by atoms with Crippen molar-refractivity contribution in [3.8, 4) is 0 Å². The Morgan fingerprint density at radius 2 is 2.00 bits per heavy atom. The number of hydrogen-bond donors (Lipinski definition) is 1. The second-order valence-electron chi connectivity index (χ2n) is 3.21. The maximum Gasteiger partial charge on any atom is 0.434 e. The summed E-state index contributed by atoms with van der Waals surface area (Å²) in [5.41, 5.74) is 3.24. The van der Waals surface area contributed by atoms with E-state index in [-0.39, 0.29) is 0 Å². The second kappa shape index (κ2) is 2.80. The van der Waals surface area contributed by atoms with Crippen LogP contribution in [0, 0.1) is 13.8 Å². The van der Waals surface area contributed by atoms with E-state index in [1.165, 1.54) is 0 Å². The Bertz CT molecular complexity index is 516. The quantitative estimate of drug-likeness (QED) is 0.686. The Morgan fingerprint density at radius 1 is 1.36 bits per heavy atom. The minimum atomic E-state index is -1.12. The Balaban J connectivity index is 2.80. The standard InChI is InChI=1S/C9H9N3O2/c1-5-3-7-8(4-6(5)2)12(9(13)14)11-10-7/h3-4H,1-2H3,(H,13,14). The van der Waals surface area contributed by atoms with Gasteiger partial charge in [0, 0.05) is 0 Å². The van der Waals surface area contributed by atoms with Crippen molar-refractivity contribution in [1.29, 1.82) is 0 Å². The zero-order valence-corrected chi connectivity index (χ0v) is 7.85. The topological polar surface area (TPSA) is 68.0 Å². The van der Waals surface area contributed by atoms with E-state index >= 15 is 0 Å². The molecule has 72 valence electrons. The number of carbonyl (C=O) groups is 1. The molecule has 0 atom stereocenters. The summed E-state index contributed by atoms with van der Waals surface area (Å²) < 4.78 is 0.877. The molecule has 0 saturated heterocycles. The van der Waals surface area contributed by atoms with Gasteiger partial charge in [-0.15, -0.1) is 9.78 Å². The van der Waals surface area contributed by atoms with Crippen LogP contribution in [0.1, 0.15) is 11.1 Å². The van der Waals surface area contributed by atoms with Crippen LogP contribution in [0.2, 0.25) is 0 Å². The smallest absolute Gasteiger partial charge is 0.434 e. The summed E-state index contributed by atoms with van der Waals surface area (Å²) in [5, 5.41) is 16.1. The van der Waals surface area contributed by atoms with Crippen molar-refractivity contribution < 1.29 is 9.90 Å². The van der Waals surface area contributed by atoms with E-state index < -0.39 is 6.09 Å². The fraction of sp³-hybridized carbons (Fsp3) is 0.222. The van der Waals surface area contributed by atoms with Gasteiger partial charge in [0.25, 0.3) is 0 Å². The molecule has 5 nitrogen and oxygen atoms in total. The van der Waals surface area contributed by atoms with E-state index in [2.05, 4.69) is 10.3 Å². The first-order valence-corrected chi connectivity index (χ1v) is 4.15. The molecule has 2 rings (SSSR count). The molecule has 1 heterocycles. The van der Waals surface area contributed by atoms with Crippen molar-refractivity contribution in [2.24, 2.45) is 0 Å². The third-order valence-electron chi connectivity index (χ3n) is 2.24. The summed E-state index contributed by atoms with van der Waals surface area (Å²) in [6, 6.07) is 3.61. The average Bonchev–Trinajstić information content (AvgIpc) is 2.48. The SMILES string of the molecule is Cc1cc2nnn(C(=O)O)c2cc1C. The summed E-state index contributed by atoms with van der Waals surface area (Å²) in [7, 11) is 0. The van der Waals surface area contributed by atoms with Gasteiger partial charge in [0.05, 0.1) is 0 Å². The number of benzene rings is 1. The monoisotopic (exact) mass is 191 g/mol. The molecule has 14 heavy (non-hydrogen) atoms. The molecule has 1 aromatic heterocycles. The largest absolute Gasteiger partial charge is 0.463 e. The lowest BCUT2D eigenvalue weighted by Gasteiger charge is -1.99. The van der Waals surface area contributed by atoms with Crippen LogP contribution < -0.4 is 0 Å². The van der Waals surface area contributed by atoms with Gasteiger partial charge in [-0.1, -0.05) is 5.21 Å². The summed E-state index contributed by atoms with van der Waals surface area (Å²) in [6.07, 6.45) is -1.12. The molecule has 0 radical (unpaired) electrons. The zero-order valence-electron chi connectivity index (χ0n) is 7.85. The molecular formula is C9H9N3O2. The lowest BCUT2D eigenvalue weighted by Crippen LogP contribution is -2.09. The fourth-order valence-corrected chi connectivity index (χ4v) is 1.32. The normalized spacial score (nSPS) is 10.7. The lowest BCUT2D eigenvalue weighted by molar-refractivity contribution is 0.193. The zero-order chi connectivity index (χ0) is 10.3. The number of hydrogen-bond acceptors (Lipinski definition) is 3. The second-order valence-corrected chi connectivity index (χ2v) is 3.21. The molecule has 0 aliphatic heterocycles. The minimum Gasteiger partial charge on any atom is -0.463 e. The van der Waals surface area contributed by atoms with Gasteiger partial charge in [-0.2, -0.15) is 0 Å². The number of carboxylic acid groups (broad SMARTS) is 1. The molecule has 0 spiro atoms. The highest BCUT2D eigenvalue weighted by Crippen LogP contribution is 2.16. The molecule has 0 aliphatic carbocycles. The highest BCUT2D eigenvalue weighted by Gasteiger charge is 2.10. The van der Waals surface area contributed by atoms with E-state index in [4.69, 9.17) is 5.11 Å². The number of rotatable bonds is 0. The van der Waals surface area contributed by atoms with Gasteiger partial charge in [0.2, 0.25) is 0 Å². The van der Waals surface area contributed by atoms with E-state index in [1.807, 2.05) is 19.9 Å². The Morgan fingerprint density at radius 3 is 2.64 bits per heavy atom. The van der Waals surface area contributed by atoms with Crippen LogP contribution in [-0.4, -0.2) is 26.2 Å². The predicted molar refractivity (Wildman–Crippen MR) is 50.4 cm³/mol. The van der Waals surface area contributed by atoms with Gasteiger partial charge in [-0.25, -0.2) is 4.79 Å². The van der Waals surface area contributed by atoms with Crippen molar-refractivity contribution in [2.45, 2.75) is 13.8 Å². The van der Waals surface area contributed by atoms with Gasteiger partial charge in [0.15, 0.2) is 0 Å². The molecule has 1 N–H and O–H groups in total. The lowest BCUT2D eigenvalue weighted by atomic mass is 10.1. The van der Waals surface area contributed by atoms with Gasteiger partial charge >= 0.3 is 6.09 Å². The number of nitrogens with zero attached hydrogens (tertiary/aromatic N) is 3. The maximum atomic E-state index is 10.7. The molecule has 0 fully saturated rings. The van der Waals surface area contributed by atoms with Gasteiger partial charge < -0.3 is 5.11 Å². The van der Waals surface area contributed by atoms with Crippen LogP contribution in [-0.2, 0) is 0 Å². The molecule has 0 unspecified atom stereocenters. The van der Waals surface area contributed by atoms with Crippen LogP contribution in [0.25, 0.3) is 11.0 Å². The van der Waals surface area contributed by atoms with Crippen LogP contribution in [0.5, 0.6) is 0 Å². The molecule has 2 aromatic rings. The predicted octanol–water partition coefficient (Wildman–Crippen LogP) is 1.57. The first-order valence-electron chi connectivity index (χ1n) is 4.15. The van der Waals surface area contributed by atoms with Gasteiger partial charge in [-0.3, -0.25) is 0 Å². The maximum absolute atomic E-state index is 10.7. The van der Waals surface area contributed by atoms with Crippen molar-refractivity contribution in [3.63, 3.8) is 0 Å². The summed E-state index contributed by atoms with van der Waals surface area (Å²) >= 11 is 0. The van der Waals surface area contributed by atoms with E-state index in [0.29, 0.717) is 11.0 Å². The van der Waals surface area contributed by atoms with Crippen LogP contribution in [0.15, 0.2) is 12.1 Å². The van der Waals surface area contributed by atoms with Crippen LogP contribution in [0.3, 0.4) is 0 Å². The third kappa shape index (κ3) is 1.14. The molecule has 0 aliphatic rings. The highest BCUT2D eigenvalue weighted by atomic mass is 16.4. The van der Waals surface area contributed by atoms with Crippen molar-refractivity contribution in [2.75, 3.05) is 0 Å². The van der Waals surface area contributed by atoms with Crippen molar-refractivity contribution in [3.05, 3.63) is 23.3 Å². The van der Waals surface area contributed by atoms with Crippen LogP contribution >= 0.6 is 0 Å². The molecule has 0 bridgehead atoms. The van der Waals surface area contributed by atoms with E-state index in [1.54, 1.807) is 6.07 Å². The third-order valence-corrected chi connectivity index (χ3v) is 2.24. The molecule has 0 saturated carbocycles. The first-order chi connectivity index (χ1) is 6.59. The first kappa shape index (κ1) is 8.68. The Hall–Kier alpha value is -1.91. The van der Waals surface area contributed by atoms with Gasteiger partial charge in [0.1, 0.15) is 11.0 Å². The van der Waals surface area contributed by atoms with E-state index in [9.17, 15) is 4.79 Å². The van der Waals surface area contributed by atoms with Gasteiger partial charge in [-0.05, 0) is 37.1 Å². The molecular weight excluding hydrogens is 182 g/mol. The Labute approximate surface area is 80.0 Å². The van der Waals surface area contributed by atoms with Crippen molar-refractivity contribution >= 4 is 17.1 Å². The van der Waals surface area contributed by atoms with Crippen LogP contribution in [0.4, 0.5) is 4.79 Å². The summed E-state index contributed by atoms with van der Waals surface area (Å²) in [4.78, 5) is 10.7. The van der Waals surface area contributed by atoms with Crippen molar-refractivity contribution in [1.82, 2.24) is 15.0 Å². The summed E-state index contributed by atoms with van der Waals surface area (Å²) in [6.45, 7) is 3.88. The Kier molecular flexibility index (Phi) is 1.73. The molecule has 5 heteroatoms. The minimum absolute atomic E-state index is 0.528.